The quantitative estimate of drug-likeness (QED) is 0.491. The van der Waals surface area contributed by atoms with Crippen LogP contribution < -0.4 is 15.6 Å². The number of pyridine rings is 1. The first-order valence-electron chi connectivity index (χ1n) is 11.3. The molecular weight excluding hydrogens is 418 g/mol. The zero-order chi connectivity index (χ0) is 22.7. The molecule has 1 aliphatic rings. The number of methoxy groups -OCH3 is 1. The highest BCUT2D eigenvalue weighted by Gasteiger charge is 2.25. The van der Waals surface area contributed by atoms with E-state index in [-0.39, 0.29) is 5.56 Å². The van der Waals surface area contributed by atoms with Crippen molar-refractivity contribution in [3.63, 3.8) is 0 Å². The number of anilines is 1. The Morgan fingerprint density at radius 2 is 1.91 bits per heavy atom. The van der Waals surface area contributed by atoms with Gasteiger partial charge in [-0.1, -0.05) is 37.5 Å². The van der Waals surface area contributed by atoms with Gasteiger partial charge in [0.15, 0.2) is 5.11 Å². The van der Waals surface area contributed by atoms with Gasteiger partial charge in [0.1, 0.15) is 5.75 Å². The van der Waals surface area contributed by atoms with Crippen molar-refractivity contribution in [1.29, 1.82) is 0 Å². The fourth-order valence-corrected chi connectivity index (χ4v) is 5.04. The van der Waals surface area contributed by atoms with Crippen LogP contribution in [0, 0.1) is 13.8 Å². The lowest BCUT2D eigenvalue weighted by Crippen LogP contribution is -2.44. The van der Waals surface area contributed by atoms with Crippen LogP contribution in [0.2, 0.25) is 0 Å². The molecule has 0 unspecified atom stereocenters. The van der Waals surface area contributed by atoms with E-state index in [1.807, 2.05) is 43.3 Å². The highest BCUT2D eigenvalue weighted by molar-refractivity contribution is 7.80. The van der Waals surface area contributed by atoms with Gasteiger partial charge >= 0.3 is 0 Å². The van der Waals surface area contributed by atoms with E-state index in [9.17, 15) is 4.79 Å². The summed E-state index contributed by atoms with van der Waals surface area (Å²) in [5.41, 5.74) is 4.71. The highest BCUT2D eigenvalue weighted by Crippen LogP contribution is 2.28. The molecule has 1 aliphatic carbocycles. The van der Waals surface area contributed by atoms with E-state index < -0.39 is 0 Å². The lowest BCUT2D eigenvalue weighted by atomic mass is 9.94. The molecule has 0 amide bonds. The lowest BCUT2D eigenvalue weighted by molar-refractivity contribution is 0.240. The maximum Gasteiger partial charge on any atom is 0.253 e. The Bertz CT molecular complexity index is 1180. The number of rotatable bonds is 5. The summed E-state index contributed by atoms with van der Waals surface area (Å²) in [6.45, 7) is 4.61. The number of aromatic amines is 1. The Morgan fingerprint density at radius 1 is 1.16 bits per heavy atom. The third-order valence-corrected chi connectivity index (χ3v) is 6.69. The normalized spacial score (nSPS) is 14.3. The molecule has 5 nitrogen and oxygen atoms in total. The van der Waals surface area contributed by atoms with Crippen molar-refractivity contribution in [2.24, 2.45) is 0 Å². The second-order valence-electron chi connectivity index (χ2n) is 8.72. The van der Waals surface area contributed by atoms with Crippen LogP contribution in [0.25, 0.3) is 10.9 Å². The molecule has 168 valence electrons. The fourth-order valence-electron chi connectivity index (χ4n) is 4.71. The molecule has 2 N–H and O–H groups in total. The summed E-state index contributed by atoms with van der Waals surface area (Å²) in [4.78, 5) is 18.3. The van der Waals surface area contributed by atoms with Crippen LogP contribution in [0.4, 0.5) is 5.69 Å². The largest absolute Gasteiger partial charge is 0.495 e. The minimum absolute atomic E-state index is 0.0524. The number of aromatic nitrogens is 1. The molecular formula is C26H31N3O2S. The van der Waals surface area contributed by atoms with Crippen molar-refractivity contribution in [2.75, 3.05) is 12.4 Å². The van der Waals surface area contributed by atoms with E-state index in [0.717, 1.165) is 51.9 Å². The second-order valence-corrected chi connectivity index (χ2v) is 9.10. The molecule has 0 bridgehead atoms. The fraction of sp³-hybridized carbons (Fsp3) is 0.385. The van der Waals surface area contributed by atoms with Gasteiger partial charge in [0, 0.05) is 22.5 Å². The first-order valence-corrected chi connectivity index (χ1v) is 11.7. The first-order chi connectivity index (χ1) is 15.5. The average Bonchev–Trinajstić information content (AvgIpc) is 2.78. The van der Waals surface area contributed by atoms with Crippen LogP contribution in [0.1, 0.15) is 48.8 Å². The third kappa shape index (κ3) is 4.80. The van der Waals surface area contributed by atoms with Gasteiger partial charge in [0.25, 0.3) is 5.56 Å². The Labute approximate surface area is 194 Å². The Morgan fingerprint density at radius 3 is 2.66 bits per heavy atom. The molecule has 4 rings (SSSR count). The minimum atomic E-state index is -0.0524. The number of thiocarbonyl (C=S) groups is 1. The maximum atomic E-state index is 13.0. The van der Waals surface area contributed by atoms with Gasteiger partial charge in [-0.3, -0.25) is 4.79 Å². The van der Waals surface area contributed by atoms with Gasteiger partial charge in [0.05, 0.1) is 19.3 Å². The van der Waals surface area contributed by atoms with Gasteiger partial charge in [-0.2, -0.15) is 0 Å². The van der Waals surface area contributed by atoms with Crippen molar-refractivity contribution in [1.82, 2.24) is 9.88 Å². The van der Waals surface area contributed by atoms with Crippen molar-refractivity contribution in [3.05, 3.63) is 69.5 Å². The van der Waals surface area contributed by atoms with Gasteiger partial charge in [-0.05, 0) is 74.3 Å². The summed E-state index contributed by atoms with van der Waals surface area (Å²) >= 11 is 5.87. The number of hydrogen-bond acceptors (Lipinski definition) is 3. The number of benzene rings is 2. The summed E-state index contributed by atoms with van der Waals surface area (Å²) in [6, 6.07) is 14.3. The third-order valence-electron chi connectivity index (χ3n) is 6.36. The van der Waals surface area contributed by atoms with Crippen LogP contribution in [0.5, 0.6) is 5.75 Å². The van der Waals surface area contributed by atoms with Gasteiger partial charge in [-0.15, -0.1) is 0 Å². The SMILES string of the molecule is COc1ccccc1NC(=S)N(Cc1cc2c(C)cc(C)cc2[nH]c1=O)C1CCCCC1. The standard InChI is InChI=1S/C26H31N3O2S/c1-17-13-18(2)21-15-19(25(30)27-23(21)14-17)16-29(20-9-5-4-6-10-20)26(32)28-22-11-7-8-12-24(22)31-3/h7-8,11-15,20H,4-6,9-10,16H2,1-3H3,(H,27,30)(H,28,32). The Hall–Kier alpha value is -2.86. The smallest absolute Gasteiger partial charge is 0.253 e. The molecule has 0 radical (unpaired) electrons. The zero-order valence-electron chi connectivity index (χ0n) is 19.0. The molecule has 3 aromatic rings. The molecule has 1 fully saturated rings. The van der Waals surface area contributed by atoms with E-state index in [2.05, 4.69) is 28.2 Å². The summed E-state index contributed by atoms with van der Waals surface area (Å²) in [6.07, 6.45) is 5.79. The number of para-hydroxylation sites is 2. The number of fused-ring (bicyclic) bond motifs is 1. The number of aryl methyl sites for hydroxylation is 2. The first kappa shape index (κ1) is 22.3. The van der Waals surface area contributed by atoms with Gasteiger partial charge in [0.2, 0.25) is 0 Å². The Balaban J connectivity index is 1.67. The van der Waals surface area contributed by atoms with Crippen molar-refractivity contribution >= 4 is 33.9 Å². The lowest BCUT2D eigenvalue weighted by Gasteiger charge is -2.36. The van der Waals surface area contributed by atoms with Crippen LogP contribution in [0.15, 0.2) is 47.3 Å². The topological polar surface area (TPSA) is 57.4 Å². The van der Waals surface area contributed by atoms with E-state index in [4.69, 9.17) is 17.0 Å². The molecule has 6 heteroatoms. The van der Waals surface area contributed by atoms with Crippen LogP contribution >= 0.6 is 12.2 Å². The van der Waals surface area contributed by atoms with Gasteiger partial charge in [-0.25, -0.2) is 0 Å². The molecule has 1 saturated carbocycles. The second kappa shape index (κ2) is 9.74. The van der Waals surface area contributed by atoms with Crippen molar-refractivity contribution < 1.29 is 4.74 Å². The predicted octanol–water partition coefficient (Wildman–Crippen LogP) is 5.69. The Kier molecular flexibility index (Phi) is 6.80. The summed E-state index contributed by atoms with van der Waals surface area (Å²) in [5.74, 6) is 0.744. The number of hydrogen-bond donors (Lipinski definition) is 2. The molecule has 0 saturated heterocycles. The van der Waals surface area contributed by atoms with E-state index in [1.54, 1.807) is 7.11 Å². The van der Waals surface area contributed by atoms with Crippen molar-refractivity contribution in [3.8, 4) is 5.75 Å². The highest BCUT2D eigenvalue weighted by atomic mass is 32.1. The summed E-state index contributed by atoms with van der Waals surface area (Å²) in [5, 5.41) is 5.08. The molecule has 0 atom stereocenters. The van der Waals surface area contributed by atoms with Gasteiger partial charge < -0.3 is 19.9 Å². The molecule has 1 aromatic heterocycles. The van der Waals surface area contributed by atoms with E-state index >= 15 is 0 Å². The molecule has 1 heterocycles. The monoisotopic (exact) mass is 449 g/mol. The number of nitrogens with one attached hydrogen (secondary N) is 2. The van der Waals surface area contributed by atoms with Crippen LogP contribution in [0.3, 0.4) is 0 Å². The molecule has 0 aliphatic heterocycles. The number of nitrogens with zero attached hydrogens (tertiary/aromatic N) is 1. The maximum absolute atomic E-state index is 13.0. The molecule has 2 aromatic carbocycles. The number of H-pyrrole nitrogens is 1. The zero-order valence-corrected chi connectivity index (χ0v) is 19.8. The minimum Gasteiger partial charge on any atom is -0.495 e. The van der Waals surface area contributed by atoms with Crippen molar-refractivity contribution in [2.45, 2.75) is 58.5 Å². The summed E-state index contributed by atoms with van der Waals surface area (Å²) in [7, 11) is 1.65. The summed E-state index contributed by atoms with van der Waals surface area (Å²) < 4.78 is 5.48. The predicted molar refractivity (Wildman–Crippen MR) is 136 cm³/mol. The van der Waals surface area contributed by atoms with Crippen LogP contribution in [-0.4, -0.2) is 28.1 Å². The molecule has 0 spiro atoms. The molecule has 32 heavy (non-hydrogen) atoms. The average molecular weight is 450 g/mol. The number of ether oxygens (including phenoxy) is 1. The van der Waals surface area contributed by atoms with Crippen LogP contribution in [-0.2, 0) is 6.54 Å². The van der Waals surface area contributed by atoms with E-state index in [1.165, 1.54) is 19.3 Å². The van der Waals surface area contributed by atoms with E-state index in [0.29, 0.717) is 17.7 Å².